The highest BCUT2D eigenvalue weighted by Gasteiger charge is 2.21. The number of amides is 1. The Bertz CT molecular complexity index is 475. The molecule has 0 radical (unpaired) electrons. The molecule has 0 aliphatic heterocycles. The van der Waals surface area contributed by atoms with Gasteiger partial charge in [0.2, 0.25) is 0 Å². The van der Waals surface area contributed by atoms with Crippen molar-refractivity contribution in [3.63, 3.8) is 0 Å². The monoisotopic (exact) mass is 295 g/mol. The van der Waals surface area contributed by atoms with E-state index in [0.717, 1.165) is 12.8 Å². The number of unbranched alkanes of at least 4 members (excludes halogenated alkanes) is 2. The fourth-order valence-corrected chi connectivity index (χ4v) is 2.15. The van der Waals surface area contributed by atoms with Crippen LogP contribution in [0, 0.1) is 11.2 Å². The van der Waals surface area contributed by atoms with Crippen LogP contribution in [0.1, 0.15) is 56.8 Å². The zero-order valence-corrected chi connectivity index (χ0v) is 13.4. The van der Waals surface area contributed by atoms with Crippen molar-refractivity contribution in [2.24, 2.45) is 5.41 Å². The van der Waals surface area contributed by atoms with Crippen LogP contribution in [0.25, 0.3) is 0 Å². The Balaban J connectivity index is 2.61. The summed E-state index contributed by atoms with van der Waals surface area (Å²) in [5, 5.41) is 5.45. The Hall–Kier alpha value is -1.65. The highest BCUT2D eigenvalue weighted by Crippen LogP contribution is 2.23. The van der Waals surface area contributed by atoms with Crippen molar-refractivity contribution >= 4 is 11.7 Å². The van der Waals surface area contributed by atoms with Gasteiger partial charge in [0, 0.05) is 19.8 Å². The fourth-order valence-electron chi connectivity index (χ4n) is 2.15. The first-order valence-electron chi connectivity index (χ1n) is 7.51. The smallest absolute Gasteiger partial charge is 0.254 e. The van der Waals surface area contributed by atoms with Crippen LogP contribution in [0.3, 0.4) is 0 Å². The predicted octanol–water partition coefficient (Wildman–Crippen LogP) is 3.60. The van der Waals surface area contributed by atoms with E-state index in [4.69, 9.17) is 0 Å². The molecule has 0 atom stereocenters. The maximum Gasteiger partial charge on any atom is 0.254 e. The van der Waals surface area contributed by atoms with Crippen molar-refractivity contribution < 1.29 is 9.18 Å². The van der Waals surface area contributed by atoms with Gasteiger partial charge in [0.25, 0.3) is 5.91 Å². The zero-order valence-electron chi connectivity index (χ0n) is 13.4. The van der Waals surface area contributed by atoms with Gasteiger partial charge in [0.15, 0.2) is 11.6 Å². The second-order valence-corrected chi connectivity index (χ2v) is 6.08. The molecule has 5 heteroatoms. The predicted molar refractivity (Wildman–Crippen MR) is 84.0 cm³/mol. The van der Waals surface area contributed by atoms with Crippen molar-refractivity contribution in [1.29, 1.82) is 0 Å². The lowest BCUT2D eigenvalue weighted by molar-refractivity contribution is 0.0930. The van der Waals surface area contributed by atoms with Gasteiger partial charge >= 0.3 is 0 Å². The zero-order chi connectivity index (χ0) is 15.9. The molecule has 0 aliphatic rings. The third-order valence-electron chi connectivity index (χ3n) is 3.56. The molecular formula is C16H26FN3O. The summed E-state index contributed by atoms with van der Waals surface area (Å²) in [6.07, 6.45) is 5.99. The molecule has 0 aliphatic carbocycles. The summed E-state index contributed by atoms with van der Waals surface area (Å²) in [6.45, 7) is 6.93. The summed E-state index contributed by atoms with van der Waals surface area (Å²) in [7, 11) is 1.57. The van der Waals surface area contributed by atoms with Gasteiger partial charge in [-0.3, -0.25) is 4.79 Å². The van der Waals surface area contributed by atoms with Gasteiger partial charge in [-0.15, -0.1) is 0 Å². The molecule has 1 aromatic heterocycles. The largest absolute Gasteiger partial charge is 0.371 e. The third-order valence-corrected chi connectivity index (χ3v) is 3.56. The summed E-state index contributed by atoms with van der Waals surface area (Å²) in [5.41, 5.74) is 0.0406. The normalized spacial score (nSPS) is 11.3. The van der Waals surface area contributed by atoms with Crippen LogP contribution in [0.4, 0.5) is 10.2 Å². The number of aromatic nitrogens is 1. The second-order valence-electron chi connectivity index (χ2n) is 6.08. The lowest BCUT2D eigenvalue weighted by Crippen LogP contribution is -2.34. The minimum atomic E-state index is -0.610. The molecular weight excluding hydrogens is 269 g/mol. The first kappa shape index (κ1) is 17.4. The minimum absolute atomic E-state index is 0.0141. The van der Waals surface area contributed by atoms with E-state index in [2.05, 4.69) is 36.4 Å². The summed E-state index contributed by atoms with van der Waals surface area (Å²) in [4.78, 5) is 15.9. The number of carbonyl (C=O) groups excluding carboxylic acids is 1. The van der Waals surface area contributed by atoms with Crippen LogP contribution < -0.4 is 10.6 Å². The number of hydrogen-bond acceptors (Lipinski definition) is 3. The van der Waals surface area contributed by atoms with Crippen molar-refractivity contribution in [3.8, 4) is 0 Å². The summed E-state index contributed by atoms with van der Waals surface area (Å²) >= 11 is 0. The van der Waals surface area contributed by atoms with E-state index in [1.165, 1.54) is 25.1 Å². The Kier molecular flexibility index (Phi) is 6.59. The van der Waals surface area contributed by atoms with E-state index in [-0.39, 0.29) is 16.8 Å². The van der Waals surface area contributed by atoms with Crippen LogP contribution in [0.15, 0.2) is 12.3 Å². The number of hydrogen-bond donors (Lipinski definition) is 2. The van der Waals surface area contributed by atoms with Gasteiger partial charge < -0.3 is 10.6 Å². The van der Waals surface area contributed by atoms with Gasteiger partial charge in [0.05, 0.1) is 5.56 Å². The maximum absolute atomic E-state index is 14.0. The Morgan fingerprint density at radius 2 is 2.10 bits per heavy atom. The van der Waals surface area contributed by atoms with Gasteiger partial charge in [-0.25, -0.2) is 9.37 Å². The lowest BCUT2D eigenvalue weighted by atomic mass is 9.87. The summed E-state index contributed by atoms with van der Waals surface area (Å²) in [5.74, 6) is -0.916. The van der Waals surface area contributed by atoms with Crippen LogP contribution >= 0.6 is 0 Å². The van der Waals surface area contributed by atoms with Crippen LogP contribution in [-0.4, -0.2) is 24.5 Å². The molecule has 0 bridgehead atoms. The average Bonchev–Trinajstić information content (AvgIpc) is 2.45. The first-order valence-corrected chi connectivity index (χ1v) is 7.51. The van der Waals surface area contributed by atoms with Gasteiger partial charge in [-0.2, -0.15) is 0 Å². The molecule has 1 aromatic rings. The van der Waals surface area contributed by atoms with Crippen LogP contribution in [0.2, 0.25) is 0 Å². The maximum atomic E-state index is 14.0. The highest BCUT2D eigenvalue weighted by atomic mass is 19.1. The van der Waals surface area contributed by atoms with E-state index < -0.39 is 11.7 Å². The molecule has 0 saturated carbocycles. The molecule has 0 saturated heterocycles. The molecule has 1 rings (SSSR count). The molecule has 0 fully saturated rings. The van der Waals surface area contributed by atoms with Gasteiger partial charge in [0.1, 0.15) is 0 Å². The molecule has 21 heavy (non-hydrogen) atoms. The van der Waals surface area contributed by atoms with E-state index in [1.54, 1.807) is 7.05 Å². The minimum Gasteiger partial charge on any atom is -0.371 e. The molecule has 0 unspecified atom stereocenters. The van der Waals surface area contributed by atoms with E-state index in [9.17, 15) is 9.18 Å². The van der Waals surface area contributed by atoms with Crippen molar-refractivity contribution in [1.82, 2.24) is 10.3 Å². The van der Waals surface area contributed by atoms with E-state index in [0.29, 0.717) is 6.54 Å². The summed E-state index contributed by atoms with van der Waals surface area (Å²) in [6, 6.07) is 1.40. The Labute approximate surface area is 126 Å². The summed E-state index contributed by atoms with van der Waals surface area (Å²) < 4.78 is 14.0. The average molecular weight is 295 g/mol. The van der Waals surface area contributed by atoms with Crippen molar-refractivity contribution in [2.75, 3.05) is 18.9 Å². The lowest BCUT2D eigenvalue weighted by Gasteiger charge is -2.25. The highest BCUT2D eigenvalue weighted by molar-refractivity contribution is 5.95. The first-order chi connectivity index (χ1) is 9.91. The second kappa shape index (κ2) is 7.96. The van der Waals surface area contributed by atoms with Crippen molar-refractivity contribution in [2.45, 2.75) is 46.5 Å². The molecule has 1 heterocycles. The topological polar surface area (TPSA) is 54.0 Å². The third kappa shape index (κ3) is 5.33. The van der Waals surface area contributed by atoms with E-state index in [1.807, 2.05) is 0 Å². The number of anilines is 1. The van der Waals surface area contributed by atoms with Gasteiger partial charge in [-0.05, 0) is 17.9 Å². The molecule has 0 spiro atoms. The molecule has 0 aromatic carbocycles. The number of pyridine rings is 1. The number of halogens is 1. The Morgan fingerprint density at radius 1 is 1.38 bits per heavy atom. The SMILES string of the molecule is CCCCCC(C)(C)CNC(=O)c1ccnc(NC)c1F. The van der Waals surface area contributed by atoms with E-state index >= 15 is 0 Å². The molecule has 4 nitrogen and oxygen atoms in total. The fraction of sp³-hybridized carbons (Fsp3) is 0.625. The quantitative estimate of drug-likeness (QED) is 0.720. The molecule has 1 amide bonds. The Morgan fingerprint density at radius 3 is 2.71 bits per heavy atom. The van der Waals surface area contributed by atoms with Gasteiger partial charge in [-0.1, -0.05) is 40.0 Å². The molecule has 2 N–H and O–H groups in total. The van der Waals surface area contributed by atoms with Crippen LogP contribution in [0.5, 0.6) is 0 Å². The molecule has 118 valence electrons. The number of nitrogens with one attached hydrogen (secondary N) is 2. The van der Waals surface area contributed by atoms with Crippen LogP contribution in [-0.2, 0) is 0 Å². The standard InChI is InChI=1S/C16H26FN3O/c1-5-6-7-9-16(2,3)11-20-15(21)12-8-10-19-14(18-4)13(12)17/h8,10H,5-7,9,11H2,1-4H3,(H,18,19)(H,20,21). The van der Waals surface area contributed by atoms with Crippen molar-refractivity contribution in [3.05, 3.63) is 23.6 Å². The number of nitrogens with zero attached hydrogens (tertiary/aromatic N) is 1. The number of rotatable bonds is 8. The number of carbonyl (C=O) groups is 1.